The normalized spacial score (nSPS) is 11.3. The summed E-state index contributed by atoms with van der Waals surface area (Å²) in [4.78, 5) is 23.2. The molecule has 4 rings (SSSR count). The van der Waals surface area contributed by atoms with Crippen molar-refractivity contribution >= 4 is 44.0 Å². The first kappa shape index (κ1) is 20.4. The number of thiazole rings is 1. The quantitative estimate of drug-likeness (QED) is 0.414. The summed E-state index contributed by atoms with van der Waals surface area (Å²) in [5, 5.41) is 28.1. The number of fused-ring (bicyclic) bond motifs is 1. The molecule has 0 radical (unpaired) electrons. The van der Waals surface area contributed by atoms with Gasteiger partial charge in [0.2, 0.25) is 16.9 Å². The molecule has 0 unspecified atom stereocenters. The molecular weight excluding hydrogens is 418 g/mol. The van der Waals surface area contributed by atoms with Crippen molar-refractivity contribution in [2.24, 2.45) is 10.2 Å². The molecule has 0 aliphatic rings. The third-order valence-electron chi connectivity index (χ3n) is 4.47. The number of aromatic nitrogens is 2. The smallest absolute Gasteiger partial charge is 0.335 e. The van der Waals surface area contributed by atoms with Crippen LogP contribution in [0.1, 0.15) is 6.42 Å². The summed E-state index contributed by atoms with van der Waals surface area (Å²) in [6, 6.07) is 17.7. The predicted octanol–water partition coefficient (Wildman–Crippen LogP) is 4.41. The highest BCUT2D eigenvalue weighted by molar-refractivity contribution is 7.21. The van der Waals surface area contributed by atoms with Crippen molar-refractivity contribution in [2.45, 2.75) is 6.42 Å². The van der Waals surface area contributed by atoms with E-state index < -0.39 is 5.97 Å². The molecule has 2 N–H and O–H groups in total. The second-order valence-electron chi connectivity index (χ2n) is 6.66. The van der Waals surface area contributed by atoms with E-state index in [0.717, 1.165) is 15.9 Å². The molecule has 4 aromatic rings. The number of anilines is 1. The number of carbonyl (C=O) groups excluding carboxylic acids is 1. The summed E-state index contributed by atoms with van der Waals surface area (Å²) < 4.78 is 1.74. The molecule has 0 fully saturated rings. The van der Waals surface area contributed by atoms with Crippen LogP contribution in [0.5, 0.6) is 11.8 Å². The van der Waals surface area contributed by atoms with Gasteiger partial charge in [0.25, 0.3) is 0 Å². The number of aromatic hydroxyl groups is 2. The highest BCUT2D eigenvalue weighted by Crippen LogP contribution is 2.29. The monoisotopic (exact) mass is 437 g/mol. The minimum absolute atomic E-state index is 0.0621. The molecule has 0 aliphatic heterocycles. The predicted molar refractivity (Wildman–Crippen MR) is 117 cm³/mol. The van der Waals surface area contributed by atoms with Gasteiger partial charge in [0.15, 0.2) is 0 Å². The van der Waals surface area contributed by atoms with Gasteiger partial charge in [-0.1, -0.05) is 23.5 Å². The van der Waals surface area contributed by atoms with Crippen LogP contribution in [0.4, 0.5) is 16.5 Å². The SMILES string of the molecule is CN(CCC(=O)On1c(O)ccc1O)c1ccc(N=Nc2nc3ccccc3s2)cc1. The van der Waals surface area contributed by atoms with Crippen LogP contribution in [0, 0.1) is 0 Å². The molecule has 0 bridgehead atoms. The van der Waals surface area contributed by atoms with Gasteiger partial charge in [-0.25, -0.2) is 9.78 Å². The van der Waals surface area contributed by atoms with Crippen molar-refractivity contribution < 1.29 is 19.8 Å². The highest BCUT2D eigenvalue weighted by atomic mass is 32.1. The Labute approximate surface area is 181 Å². The number of azo groups is 1. The lowest BCUT2D eigenvalue weighted by Crippen LogP contribution is -2.26. The standard InChI is InChI=1S/C21H19N5O4S/c1-25(13-12-20(29)30-26-18(27)10-11-19(26)28)15-8-6-14(7-9-15)23-24-21-22-16-4-2-3-5-17(16)31-21/h2-11,27-28H,12-13H2,1H3. The van der Waals surface area contributed by atoms with E-state index in [4.69, 9.17) is 4.84 Å². The van der Waals surface area contributed by atoms with Crippen LogP contribution in [-0.4, -0.2) is 39.5 Å². The maximum absolute atomic E-state index is 12.0. The molecule has 2 aromatic heterocycles. The maximum Gasteiger partial charge on any atom is 0.335 e. The number of hydrogen-bond acceptors (Lipinski definition) is 9. The lowest BCUT2D eigenvalue weighted by atomic mass is 10.2. The van der Waals surface area contributed by atoms with Gasteiger partial charge in [-0.15, -0.1) is 15.0 Å². The van der Waals surface area contributed by atoms with E-state index in [2.05, 4.69) is 15.2 Å². The molecule has 0 saturated carbocycles. The molecule has 0 spiro atoms. The first-order valence-corrected chi connectivity index (χ1v) is 10.2. The van der Waals surface area contributed by atoms with Crippen molar-refractivity contribution in [3.63, 3.8) is 0 Å². The Bertz CT molecular complexity index is 1180. The van der Waals surface area contributed by atoms with E-state index in [1.54, 1.807) is 0 Å². The van der Waals surface area contributed by atoms with Gasteiger partial charge < -0.3 is 20.0 Å². The number of benzene rings is 2. The fourth-order valence-corrected chi connectivity index (χ4v) is 3.60. The summed E-state index contributed by atoms with van der Waals surface area (Å²) >= 11 is 1.48. The van der Waals surface area contributed by atoms with Gasteiger partial charge in [0, 0.05) is 31.4 Å². The minimum atomic E-state index is -0.588. The second kappa shape index (κ2) is 8.84. The number of nitrogens with zero attached hydrogens (tertiary/aromatic N) is 5. The molecule has 0 saturated heterocycles. The van der Waals surface area contributed by atoms with Crippen LogP contribution in [0.2, 0.25) is 0 Å². The molecule has 2 heterocycles. The van der Waals surface area contributed by atoms with Gasteiger partial charge in [-0.2, -0.15) is 0 Å². The average molecular weight is 437 g/mol. The summed E-state index contributed by atoms with van der Waals surface area (Å²) in [5.74, 6) is -1.29. The average Bonchev–Trinajstić information content (AvgIpc) is 3.34. The summed E-state index contributed by atoms with van der Waals surface area (Å²) in [6.07, 6.45) is 0.0621. The maximum atomic E-state index is 12.0. The van der Waals surface area contributed by atoms with E-state index in [-0.39, 0.29) is 18.2 Å². The van der Waals surface area contributed by atoms with E-state index >= 15 is 0 Å². The Balaban J connectivity index is 1.32. The summed E-state index contributed by atoms with van der Waals surface area (Å²) in [5.41, 5.74) is 2.48. The molecule has 31 heavy (non-hydrogen) atoms. The largest absolute Gasteiger partial charge is 0.492 e. The first-order valence-electron chi connectivity index (χ1n) is 9.39. The van der Waals surface area contributed by atoms with Crippen LogP contribution in [0.3, 0.4) is 0 Å². The molecule has 0 amide bonds. The molecule has 158 valence electrons. The Kier molecular flexibility index (Phi) is 5.80. The van der Waals surface area contributed by atoms with E-state index in [1.165, 1.54) is 23.5 Å². The third kappa shape index (κ3) is 4.81. The lowest BCUT2D eigenvalue weighted by molar-refractivity contribution is -0.145. The van der Waals surface area contributed by atoms with Crippen LogP contribution in [0.25, 0.3) is 10.2 Å². The lowest BCUT2D eigenvalue weighted by Gasteiger charge is -2.18. The number of para-hydroxylation sites is 1. The van der Waals surface area contributed by atoms with E-state index in [1.807, 2.05) is 60.5 Å². The summed E-state index contributed by atoms with van der Waals surface area (Å²) in [7, 11) is 1.84. The van der Waals surface area contributed by atoms with Gasteiger partial charge in [-0.05, 0) is 36.4 Å². The molecular formula is C21H19N5O4S. The zero-order valence-electron chi connectivity index (χ0n) is 16.5. The Morgan fingerprint density at radius 1 is 1.06 bits per heavy atom. The fourth-order valence-electron chi connectivity index (χ4n) is 2.81. The second-order valence-corrected chi connectivity index (χ2v) is 7.67. The van der Waals surface area contributed by atoms with Crippen molar-refractivity contribution in [2.75, 3.05) is 18.5 Å². The Hall–Kier alpha value is -3.92. The number of rotatable bonds is 7. The number of hydrogen-bond donors (Lipinski definition) is 2. The Morgan fingerprint density at radius 3 is 2.48 bits per heavy atom. The van der Waals surface area contributed by atoms with Gasteiger partial charge in [0.05, 0.1) is 22.3 Å². The number of carbonyl (C=O) groups is 1. The summed E-state index contributed by atoms with van der Waals surface area (Å²) in [6.45, 7) is 0.383. The van der Waals surface area contributed by atoms with E-state index in [0.29, 0.717) is 22.1 Å². The fraction of sp³-hybridized carbons (Fsp3) is 0.143. The van der Waals surface area contributed by atoms with Crippen LogP contribution in [0.15, 0.2) is 70.9 Å². The molecule has 0 atom stereocenters. The first-order chi connectivity index (χ1) is 15.0. The molecule has 2 aromatic carbocycles. The molecule has 0 aliphatic carbocycles. The Morgan fingerprint density at radius 2 is 1.77 bits per heavy atom. The van der Waals surface area contributed by atoms with Crippen LogP contribution >= 0.6 is 11.3 Å². The minimum Gasteiger partial charge on any atom is -0.492 e. The van der Waals surface area contributed by atoms with Crippen molar-refractivity contribution in [3.8, 4) is 11.8 Å². The third-order valence-corrected chi connectivity index (χ3v) is 5.39. The van der Waals surface area contributed by atoms with Crippen LogP contribution in [-0.2, 0) is 4.79 Å². The van der Waals surface area contributed by atoms with Gasteiger partial charge in [-0.3, -0.25) is 0 Å². The van der Waals surface area contributed by atoms with E-state index in [9.17, 15) is 15.0 Å². The highest BCUT2D eigenvalue weighted by Gasteiger charge is 2.13. The molecule has 9 nitrogen and oxygen atoms in total. The topological polar surface area (TPSA) is 113 Å². The van der Waals surface area contributed by atoms with Crippen molar-refractivity contribution in [3.05, 3.63) is 60.7 Å². The zero-order valence-corrected chi connectivity index (χ0v) is 17.4. The molecule has 10 heteroatoms. The van der Waals surface area contributed by atoms with Crippen molar-refractivity contribution in [1.82, 2.24) is 9.71 Å². The van der Waals surface area contributed by atoms with Gasteiger partial charge >= 0.3 is 5.97 Å². The van der Waals surface area contributed by atoms with Gasteiger partial charge in [0.1, 0.15) is 0 Å². The zero-order chi connectivity index (χ0) is 21.8. The van der Waals surface area contributed by atoms with Crippen molar-refractivity contribution in [1.29, 1.82) is 0 Å². The van der Waals surface area contributed by atoms with Crippen LogP contribution < -0.4 is 9.74 Å².